The van der Waals surface area contributed by atoms with Gasteiger partial charge in [0.15, 0.2) is 0 Å². The van der Waals surface area contributed by atoms with Gasteiger partial charge in [-0.05, 0) is 30.6 Å². The zero-order valence-corrected chi connectivity index (χ0v) is 11.1. The summed E-state index contributed by atoms with van der Waals surface area (Å²) in [6.45, 7) is 1.93. The number of hydrogen-bond donors (Lipinski definition) is 0. The summed E-state index contributed by atoms with van der Waals surface area (Å²) >= 11 is 10.8. The molecule has 0 saturated heterocycles. The SMILES string of the molecule is CC(Cl)c1snnc1-c1ccc(Br)cc1. The van der Waals surface area contributed by atoms with E-state index in [1.165, 1.54) is 11.5 Å². The fraction of sp³-hybridized carbons (Fsp3) is 0.200. The lowest BCUT2D eigenvalue weighted by atomic mass is 10.1. The maximum atomic E-state index is 6.05. The van der Waals surface area contributed by atoms with Crippen molar-refractivity contribution < 1.29 is 0 Å². The number of halogens is 2. The highest BCUT2D eigenvalue weighted by Crippen LogP contribution is 2.32. The van der Waals surface area contributed by atoms with Crippen molar-refractivity contribution in [3.8, 4) is 11.3 Å². The summed E-state index contributed by atoms with van der Waals surface area (Å²) in [5, 5.41) is 4.05. The molecule has 0 radical (unpaired) electrons. The van der Waals surface area contributed by atoms with Gasteiger partial charge in [-0.3, -0.25) is 0 Å². The Kier molecular flexibility index (Phi) is 3.38. The molecule has 5 heteroatoms. The van der Waals surface area contributed by atoms with E-state index in [2.05, 4.69) is 25.5 Å². The Balaban J connectivity index is 2.45. The molecule has 2 nitrogen and oxygen atoms in total. The molecule has 0 aliphatic rings. The van der Waals surface area contributed by atoms with E-state index in [1.807, 2.05) is 31.2 Å². The van der Waals surface area contributed by atoms with Crippen LogP contribution in [0, 0.1) is 0 Å². The first-order valence-electron chi connectivity index (χ1n) is 4.40. The molecular formula is C10H8BrClN2S. The number of nitrogens with zero attached hydrogens (tertiary/aromatic N) is 2. The number of aromatic nitrogens is 2. The Hall–Kier alpha value is -0.450. The van der Waals surface area contributed by atoms with Crippen molar-refractivity contribution in [3.63, 3.8) is 0 Å². The third kappa shape index (κ3) is 2.38. The van der Waals surface area contributed by atoms with Crippen LogP contribution < -0.4 is 0 Å². The molecule has 1 heterocycles. The van der Waals surface area contributed by atoms with Gasteiger partial charge in [0.25, 0.3) is 0 Å². The monoisotopic (exact) mass is 302 g/mol. The fourth-order valence-electron chi connectivity index (χ4n) is 1.27. The highest BCUT2D eigenvalue weighted by molar-refractivity contribution is 9.10. The molecule has 0 bridgehead atoms. The maximum absolute atomic E-state index is 6.05. The standard InChI is InChI=1S/C10H8BrClN2S/c1-6(12)10-9(13-14-15-10)7-2-4-8(11)5-3-7/h2-6H,1H3. The molecule has 0 saturated carbocycles. The Morgan fingerprint density at radius 3 is 2.60 bits per heavy atom. The molecule has 2 aromatic rings. The zero-order valence-electron chi connectivity index (χ0n) is 7.95. The number of rotatable bonds is 2. The zero-order chi connectivity index (χ0) is 10.8. The normalized spacial score (nSPS) is 12.7. The average molecular weight is 304 g/mol. The Bertz CT molecular complexity index is 453. The third-order valence-electron chi connectivity index (χ3n) is 1.99. The number of alkyl halides is 1. The lowest BCUT2D eigenvalue weighted by Gasteiger charge is -2.02. The minimum absolute atomic E-state index is 0.0522. The largest absolute Gasteiger partial charge is 0.138 e. The predicted molar refractivity (Wildman–Crippen MR) is 67.3 cm³/mol. The summed E-state index contributed by atoms with van der Waals surface area (Å²) < 4.78 is 4.99. The second-order valence-electron chi connectivity index (χ2n) is 3.11. The first kappa shape index (κ1) is 11.0. The van der Waals surface area contributed by atoms with Gasteiger partial charge in [-0.25, -0.2) is 0 Å². The smallest absolute Gasteiger partial charge is 0.110 e. The molecule has 15 heavy (non-hydrogen) atoms. The van der Waals surface area contributed by atoms with E-state index in [4.69, 9.17) is 11.6 Å². The minimum Gasteiger partial charge on any atom is -0.138 e. The van der Waals surface area contributed by atoms with Crippen molar-refractivity contribution in [1.29, 1.82) is 0 Å². The van der Waals surface area contributed by atoms with E-state index in [-0.39, 0.29) is 5.38 Å². The van der Waals surface area contributed by atoms with Crippen LogP contribution in [0.15, 0.2) is 28.7 Å². The first-order chi connectivity index (χ1) is 7.18. The lowest BCUT2D eigenvalue weighted by Crippen LogP contribution is -1.85. The van der Waals surface area contributed by atoms with Crippen molar-refractivity contribution in [2.75, 3.05) is 0 Å². The number of benzene rings is 1. The van der Waals surface area contributed by atoms with Crippen LogP contribution in [-0.4, -0.2) is 9.59 Å². The summed E-state index contributed by atoms with van der Waals surface area (Å²) in [6, 6.07) is 7.97. The summed E-state index contributed by atoms with van der Waals surface area (Å²) in [5.74, 6) is 0. The summed E-state index contributed by atoms with van der Waals surface area (Å²) in [7, 11) is 0. The van der Waals surface area contributed by atoms with Crippen LogP contribution in [-0.2, 0) is 0 Å². The van der Waals surface area contributed by atoms with E-state index < -0.39 is 0 Å². The topological polar surface area (TPSA) is 25.8 Å². The van der Waals surface area contributed by atoms with Crippen LogP contribution in [0.2, 0.25) is 0 Å². The third-order valence-corrected chi connectivity index (χ3v) is 3.78. The van der Waals surface area contributed by atoms with Crippen LogP contribution >= 0.6 is 39.1 Å². The molecule has 0 fully saturated rings. The van der Waals surface area contributed by atoms with Gasteiger partial charge in [0, 0.05) is 10.0 Å². The van der Waals surface area contributed by atoms with E-state index in [9.17, 15) is 0 Å². The number of hydrogen-bond acceptors (Lipinski definition) is 3. The van der Waals surface area contributed by atoms with Gasteiger partial charge < -0.3 is 0 Å². The van der Waals surface area contributed by atoms with Gasteiger partial charge in [-0.2, -0.15) is 0 Å². The van der Waals surface area contributed by atoms with Crippen molar-refractivity contribution in [3.05, 3.63) is 33.6 Å². The molecule has 1 atom stereocenters. The van der Waals surface area contributed by atoms with E-state index in [0.717, 1.165) is 20.6 Å². The second-order valence-corrected chi connectivity index (χ2v) is 5.46. The highest BCUT2D eigenvalue weighted by Gasteiger charge is 2.14. The Morgan fingerprint density at radius 1 is 1.33 bits per heavy atom. The lowest BCUT2D eigenvalue weighted by molar-refractivity contribution is 1.09. The predicted octanol–water partition coefficient (Wildman–Crippen LogP) is 4.27. The second kappa shape index (κ2) is 4.60. The summed E-state index contributed by atoms with van der Waals surface area (Å²) in [5.41, 5.74) is 1.93. The molecule has 0 spiro atoms. The van der Waals surface area contributed by atoms with Crippen molar-refractivity contribution in [1.82, 2.24) is 9.59 Å². The average Bonchev–Trinajstić information content (AvgIpc) is 2.67. The van der Waals surface area contributed by atoms with E-state index in [0.29, 0.717) is 0 Å². The van der Waals surface area contributed by atoms with E-state index in [1.54, 1.807) is 0 Å². The maximum Gasteiger partial charge on any atom is 0.110 e. The summed E-state index contributed by atoms with van der Waals surface area (Å²) in [6.07, 6.45) is 0. The Morgan fingerprint density at radius 2 is 2.00 bits per heavy atom. The minimum atomic E-state index is -0.0522. The molecule has 0 amide bonds. The molecule has 78 valence electrons. The van der Waals surface area contributed by atoms with Gasteiger partial charge in [-0.1, -0.05) is 32.6 Å². The van der Waals surface area contributed by atoms with Crippen molar-refractivity contribution in [2.24, 2.45) is 0 Å². The molecule has 0 aliphatic heterocycles. The van der Waals surface area contributed by atoms with Crippen molar-refractivity contribution in [2.45, 2.75) is 12.3 Å². The summed E-state index contributed by atoms with van der Waals surface area (Å²) in [4.78, 5) is 1.01. The molecule has 0 N–H and O–H groups in total. The van der Waals surface area contributed by atoms with Crippen LogP contribution in [0.25, 0.3) is 11.3 Å². The molecule has 1 aromatic carbocycles. The van der Waals surface area contributed by atoms with Gasteiger partial charge >= 0.3 is 0 Å². The molecular weight excluding hydrogens is 296 g/mol. The van der Waals surface area contributed by atoms with Gasteiger partial charge in [-0.15, -0.1) is 16.7 Å². The molecule has 1 unspecified atom stereocenters. The first-order valence-corrected chi connectivity index (χ1v) is 6.41. The fourth-order valence-corrected chi connectivity index (χ4v) is 2.35. The molecule has 1 aromatic heterocycles. The van der Waals surface area contributed by atoms with Crippen LogP contribution in [0.1, 0.15) is 17.2 Å². The van der Waals surface area contributed by atoms with Gasteiger partial charge in [0.2, 0.25) is 0 Å². The van der Waals surface area contributed by atoms with Crippen LogP contribution in [0.5, 0.6) is 0 Å². The van der Waals surface area contributed by atoms with Crippen LogP contribution in [0.4, 0.5) is 0 Å². The Labute approximate surface area is 106 Å². The quantitative estimate of drug-likeness (QED) is 0.774. The van der Waals surface area contributed by atoms with Crippen LogP contribution in [0.3, 0.4) is 0 Å². The van der Waals surface area contributed by atoms with E-state index >= 15 is 0 Å². The highest BCUT2D eigenvalue weighted by atomic mass is 79.9. The molecule has 0 aliphatic carbocycles. The van der Waals surface area contributed by atoms with Gasteiger partial charge in [0.05, 0.1) is 10.3 Å². The van der Waals surface area contributed by atoms with Gasteiger partial charge in [0.1, 0.15) is 5.69 Å². The molecule has 2 rings (SSSR count). The van der Waals surface area contributed by atoms with Crippen molar-refractivity contribution >= 4 is 39.1 Å².